The van der Waals surface area contributed by atoms with Crippen molar-refractivity contribution in [3.05, 3.63) is 0 Å². The van der Waals surface area contributed by atoms with Crippen LogP contribution in [0.25, 0.3) is 0 Å². The quantitative estimate of drug-likeness (QED) is 0.728. The van der Waals surface area contributed by atoms with Gasteiger partial charge in [-0.3, -0.25) is 4.79 Å². The SMILES string of the molecule is CC1(C)CCC(O)(CNC(=O)C2(C)CCCN2)CC1. The minimum atomic E-state index is -0.708. The Balaban J connectivity index is 1.83. The molecule has 1 heterocycles. The number of carbonyl (C=O) groups is 1. The van der Waals surface area contributed by atoms with Crippen LogP contribution >= 0.6 is 0 Å². The van der Waals surface area contributed by atoms with E-state index in [1.165, 1.54) is 0 Å². The van der Waals surface area contributed by atoms with Crippen LogP contribution in [-0.2, 0) is 4.79 Å². The van der Waals surface area contributed by atoms with E-state index >= 15 is 0 Å². The summed E-state index contributed by atoms with van der Waals surface area (Å²) in [6, 6.07) is 0. The summed E-state index contributed by atoms with van der Waals surface area (Å²) < 4.78 is 0. The zero-order valence-electron chi connectivity index (χ0n) is 12.5. The van der Waals surface area contributed by atoms with Gasteiger partial charge < -0.3 is 15.7 Å². The first-order valence-electron chi connectivity index (χ1n) is 7.51. The Labute approximate surface area is 116 Å². The molecule has 1 atom stereocenters. The molecule has 1 aliphatic heterocycles. The number of carbonyl (C=O) groups excluding carboxylic acids is 1. The first-order chi connectivity index (χ1) is 8.75. The van der Waals surface area contributed by atoms with Gasteiger partial charge in [0.2, 0.25) is 5.91 Å². The second-order valence-corrected chi connectivity index (χ2v) is 7.43. The Morgan fingerprint density at radius 2 is 1.79 bits per heavy atom. The van der Waals surface area contributed by atoms with Crippen LogP contribution in [0.1, 0.15) is 59.3 Å². The van der Waals surface area contributed by atoms with E-state index in [2.05, 4.69) is 24.5 Å². The van der Waals surface area contributed by atoms with Crippen molar-refractivity contribution in [3.8, 4) is 0 Å². The van der Waals surface area contributed by atoms with E-state index < -0.39 is 11.1 Å². The largest absolute Gasteiger partial charge is 0.388 e. The lowest BCUT2D eigenvalue weighted by Crippen LogP contribution is -2.55. The van der Waals surface area contributed by atoms with Gasteiger partial charge in [0.15, 0.2) is 0 Å². The van der Waals surface area contributed by atoms with E-state index in [1.54, 1.807) is 0 Å². The number of nitrogens with one attached hydrogen (secondary N) is 2. The Hall–Kier alpha value is -0.610. The van der Waals surface area contributed by atoms with Gasteiger partial charge in [-0.15, -0.1) is 0 Å². The van der Waals surface area contributed by atoms with Crippen LogP contribution in [0, 0.1) is 5.41 Å². The Morgan fingerprint density at radius 3 is 2.32 bits per heavy atom. The Bertz CT molecular complexity index is 336. The van der Waals surface area contributed by atoms with Gasteiger partial charge in [-0.2, -0.15) is 0 Å². The summed E-state index contributed by atoms with van der Waals surface area (Å²) in [4.78, 5) is 12.2. The van der Waals surface area contributed by atoms with Crippen molar-refractivity contribution in [2.24, 2.45) is 5.41 Å². The molecule has 110 valence electrons. The standard InChI is InChI=1S/C15H28N2O2/c1-13(2)6-8-15(19,9-7-13)11-16-12(18)14(3)5-4-10-17-14/h17,19H,4-11H2,1-3H3,(H,16,18). The third-order valence-electron chi connectivity index (χ3n) is 4.98. The molecule has 0 aromatic carbocycles. The molecule has 1 aliphatic carbocycles. The first kappa shape index (κ1) is 14.8. The van der Waals surface area contributed by atoms with Crippen molar-refractivity contribution in [3.63, 3.8) is 0 Å². The smallest absolute Gasteiger partial charge is 0.240 e. The molecule has 1 amide bonds. The lowest BCUT2D eigenvalue weighted by Gasteiger charge is -2.40. The molecule has 1 saturated carbocycles. The van der Waals surface area contributed by atoms with Crippen molar-refractivity contribution in [2.45, 2.75) is 70.4 Å². The monoisotopic (exact) mass is 268 g/mol. The van der Waals surface area contributed by atoms with E-state index in [1.807, 2.05) is 6.92 Å². The van der Waals surface area contributed by atoms with Gasteiger partial charge in [0, 0.05) is 6.54 Å². The van der Waals surface area contributed by atoms with Crippen LogP contribution in [0.2, 0.25) is 0 Å². The summed E-state index contributed by atoms with van der Waals surface area (Å²) >= 11 is 0. The molecule has 2 aliphatic rings. The lowest BCUT2D eigenvalue weighted by atomic mass is 9.71. The van der Waals surface area contributed by atoms with Gasteiger partial charge in [0.25, 0.3) is 0 Å². The van der Waals surface area contributed by atoms with Crippen molar-refractivity contribution >= 4 is 5.91 Å². The second-order valence-electron chi connectivity index (χ2n) is 7.43. The molecular weight excluding hydrogens is 240 g/mol. The summed E-state index contributed by atoms with van der Waals surface area (Å²) in [6.45, 7) is 7.73. The topological polar surface area (TPSA) is 61.4 Å². The zero-order valence-corrected chi connectivity index (χ0v) is 12.5. The van der Waals surface area contributed by atoms with Gasteiger partial charge >= 0.3 is 0 Å². The van der Waals surface area contributed by atoms with E-state index in [0.29, 0.717) is 12.0 Å². The molecule has 0 spiro atoms. The van der Waals surface area contributed by atoms with Crippen LogP contribution in [0.3, 0.4) is 0 Å². The fourth-order valence-electron chi connectivity index (χ4n) is 3.10. The van der Waals surface area contributed by atoms with Crippen molar-refractivity contribution in [1.82, 2.24) is 10.6 Å². The highest BCUT2D eigenvalue weighted by Gasteiger charge is 2.40. The fourth-order valence-corrected chi connectivity index (χ4v) is 3.10. The highest BCUT2D eigenvalue weighted by atomic mass is 16.3. The van der Waals surface area contributed by atoms with Crippen LogP contribution in [0.15, 0.2) is 0 Å². The Kier molecular flexibility index (Phi) is 3.94. The van der Waals surface area contributed by atoms with Crippen molar-refractivity contribution in [1.29, 1.82) is 0 Å². The lowest BCUT2D eigenvalue weighted by molar-refractivity contribution is -0.128. The molecule has 0 aromatic heterocycles. The van der Waals surface area contributed by atoms with Gasteiger partial charge in [0.1, 0.15) is 0 Å². The number of aliphatic hydroxyl groups is 1. The summed E-state index contributed by atoms with van der Waals surface area (Å²) in [5, 5.41) is 16.7. The fraction of sp³-hybridized carbons (Fsp3) is 0.933. The molecule has 0 bridgehead atoms. The first-order valence-corrected chi connectivity index (χ1v) is 7.51. The number of amides is 1. The predicted octanol–water partition coefficient (Wildman–Crippen LogP) is 1.58. The number of rotatable bonds is 3. The van der Waals surface area contributed by atoms with Crippen LogP contribution in [0.5, 0.6) is 0 Å². The molecule has 4 nitrogen and oxygen atoms in total. The minimum absolute atomic E-state index is 0.0308. The molecule has 3 N–H and O–H groups in total. The van der Waals surface area contributed by atoms with Crippen LogP contribution in [-0.4, -0.2) is 35.2 Å². The predicted molar refractivity (Wildman–Crippen MR) is 75.9 cm³/mol. The summed E-state index contributed by atoms with van der Waals surface area (Å²) in [6.07, 6.45) is 5.53. The van der Waals surface area contributed by atoms with E-state index in [4.69, 9.17) is 0 Å². The van der Waals surface area contributed by atoms with Gasteiger partial charge in [-0.05, 0) is 57.4 Å². The summed E-state index contributed by atoms with van der Waals surface area (Å²) in [5.41, 5.74) is -0.820. The number of hydrogen-bond acceptors (Lipinski definition) is 3. The van der Waals surface area contributed by atoms with E-state index in [-0.39, 0.29) is 5.91 Å². The molecule has 1 unspecified atom stereocenters. The Morgan fingerprint density at radius 1 is 1.16 bits per heavy atom. The minimum Gasteiger partial charge on any atom is -0.388 e. The highest BCUT2D eigenvalue weighted by molar-refractivity contribution is 5.86. The average Bonchev–Trinajstić information content (AvgIpc) is 2.79. The van der Waals surface area contributed by atoms with Crippen LogP contribution in [0.4, 0.5) is 0 Å². The molecule has 0 aromatic rings. The summed E-state index contributed by atoms with van der Waals surface area (Å²) in [5.74, 6) is 0.0308. The maximum Gasteiger partial charge on any atom is 0.240 e. The van der Waals surface area contributed by atoms with Crippen molar-refractivity contribution < 1.29 is 9.90 Å². The molecule has 2 fully saturated rings. The van der Waals surface area contributed by atoms with Crippen molar-refractivity contribution in [2.75, 3.05) is 13.1 Å². The third kappa shape index (κ3) is 3.48. The molecule has 1 saturated heterocycles. The maximum absolute atomic E-state index is 12.2. The molecule has 19 heavy (non-hydrogen) atoms. The van der Waals surface area contributed by atoms with Crippen LogP contribution < -0.4 is 10.6 Å². The molecule has 0 radical (unpaired) electrons. The molecule has 2 rings (SSSR count). The molecule has 4 heteroatoms. The highest BCUT2D eigenvalue weighted by Crippen LogP contribution is 2.39. The second kappa shape index (κ2) is 5.06. The zero-order chi connectivity index (χ0) is 14.1. The van der Waals surface area contributed by atoms with E-state index in [9.17, 15) is 9.90 Å². The normalized spacial score (nSPS) is 33.1. The summed E-state index contributed by atoms with van der Waals surface area (Å²) in [7, 11) is 0. The van der Waals surface area contributed by atoms with Gasteiger partial charge in [-0.25, -0.2) is 0 Å². The van der Waals surface area contributed by atoms with Gasteiger partial charge in [-0.1, -0.05) is 13.8 Å². The average molecular weight is 268 g/mol. The maximum atomic E-state index is 12.2. The molecular formula is C15H28N2O2. The van der Waals surface area contributed by atoms with Gasteiger partial charge in [0.05, 0.1) is 11.1 Å². The number of hydrogen-bond donors (Lipinski definition) is 3. The third-order valence-corrected chi connectivity index (χ3v) is 4.98. The van der Waals surface area contributed by atoms with E-state index in [0.717, 1.165) is 45.1 Å².